The highest BCUT2D eigenvalue weighted by atomic mass is 16.6. The summed E-state index contributed by atoms with van der Waals surface area (Å²) in [7, 11) is 0. The second kappa shape index (κ2) is 3.50. The molecular formula is C7H12N2O2. The molecule has 0 aliphatic heterocycles. The van der Waals surface area contributed by atoms with Gasteiger partial charge >= 0.3 is 0 Å². The average molecular weight is 156 g/mol. The lowest BCUT2D eigenvalue weighted by atomic mass is 10.1. The van der Waals surface area contributed by atoms with Gasteiger partial charge in [-0.25, -0.2) is 5.90 Å². The summed E-state index contributed by atoms with van der Waals surface area (Å²) in [6, 6.07) is 0. The first-order chi connectivity index (χ1) is 5.25. The summed E-state index contributed by atoms with van der Waals surface area (Å²) in [6.07, 6.45) is 0.762. The molecule has 0 aliphatic carbocycles. The van der Waals surface area contributed by atoms with Gasteiger partial charge in [0.05, 0.1) is 12.3 Å². The highest BCUT2D eigenvalue weighted by Gasteiger charge is 2.07. The van der Waals surface area contributed by atoms with Crippen LogP contribution in [0.5, 0.6) is 0 Å². The Labute approximate surface area is 65.3 Å². The first kappa shape index (κ1) is 8.23. The van der Waals surface area contributed by atoms with E-state index in [4.69, 9.17) is 10.4 Å². The van der Waals surface area contributed by atoms with E-state index in [9.17, 15) is 0 Å². The van der Waals surface area contributed by atoms with Crippen LogP contribution in [0.15, 0.2) is 4.52 Å². The van der Waals surface area contributed by atoms with Gasteiger partial charge in [-0.3, -0.25) is 0 Å². The molecule has 2 N–H and O–H groups in total. The molecule has 11 heavy (non-hydrogen) atoms. The van der Waals surface area contributed by atoms with Crippen molar-refractivity contribution in [2.24, 2.45) is 5.90 Å². The number of aromatic nitrogens is 1. The van der Waals surface area contributed by atoms with Crippen LogP contribution in [0.25, 0.3) is 0 Å². The van der Waals surface area contributed by atoms with Gasteiger partial charge in [-0.2, -0.15) is 0 Å². The van der Waals surface area contributed by atoms with Crippen LogP contribution >= 0.6 is 0 Å². The molecule has 0 aromatic carbocycles. The van der Waals surface area contributed by atoms with Crippen molar-refractivity contribution in [1.29, 1.82) is 0 Å². The van der Waals surface area contributed by atoms with Gasteiger partial charge in [0.1, 0.15) is 5.76 Å². The Bertz CT molecular complexity index is 213. The monoisotopic (exact) mass is 156 g/mol. The maximum atomic E-state index is 4.95. The fourth-order valence-corrected chi connectivity index (χ4v) is 1.02. The van der Waals surface area contributed by atoms with Crippen molar-refractivity contribution in [3.63, 3.8) is 0 Å². The van der Waals surface area contributed by atoms with Crippen LogP contribution in [0.4, 0.5) is 0 Å². The molecule has 0 bridgehead atoms. The molecule has 0 aliphatic rings. The van der Waals surface area contributed by atoms with Gasteiger partial charge in [-0.15, -0.1) is 0 Å². The maximum Gasteiger partial charge on any atom is 0.137 e. The van der Waals surface area contributed by atoms with Crippen LogP contribution in [0.3, 0.4) is 0 Å². The van der Waals surface area contributed by atoms with Crippen molar-refractivity contribution >= 4 is 0 Å². The average Bonchev–Trinajstić information content (AvgIpc) is 2.29. The van der Waals surface area contributed by atoms with Crippen molar-refractivity contribution < 1.29 is 9.36 Å². The van der Waals surface area contributed by atoms with Gasteiger partial charge in [0.2, 0.25) is 0 Å². The van der Waals surface area contributed by atoms with Crippen LogP contribution in [-0.4, -0.2) is 11.8 Å². The SMILES string of the molecule is Cc1noc(C)c1CCON. The molecule has 1 rings (SSSR count). The molecule has 1 heterocycles. The Balaban J connectivity index is 2.67. The fourth-order valence-electron chi connectivity index (χ4n) is 1.02. The standard InChI is InChI=1S/C7H12N2O2/c1-5-7(3-4-10-8)6(2)11-9-5/h3-4,8H2,1-2H3. The minimum Gasteiger partial charge on any atom is -0.361 e. The van der Waals surface area contributed by atoms with E-state index in [0.717, 1.165) is 23.4 Å². The quantitative estimate of drug-likeness (QED) is 0.655. The van der Waals surface area contributed by atoms with Crippen molar-refractivity contribution in [3.05, 3.63) is 17.0 Å². The lowest BCUT2D eigenvalue weighted by molar-refractivity contribution is 0.141. The third-order valence-electron chi connectivity index (χ3n) is 1.65. The van der Waals surface area contributed by atoms with Gasteiger partial charge in [-0.1, -0.05) is 5.16 Å². The van der Waals surface area contributed by atoms with Gasteiger partial charge < -0.3 is 9.36 Å². The molecule has 1 aromatic heterocycles. The van der Waals surface area contributed by atoms with E-state index in [1.165, 1.54) is 0 Å². The predicted octanol–water partition coefficient (Wildman–Crippen LogP) is 0.724. The minimum absolute atomic E-state index is 0.503. The first-order valence-corrected chi connectivity index (χ1v) is 3.49. The molecule has 0 amide bonds. The number of nitrogens with two attached hydrogens (primary N) is 1. The molecule has 62 valence electrons. The zero-order valence-corrected chi connectivity index (χ0v) is 6.76. The van der Waals surface area contributed by atoms with Crippen LogP contribution in [-0.2, 0) is 11.3 Å². The Morgan fingerprint density at radius 2 is 2.27 bits per heavy atom. The highest BCUT2D eigenvalue weighted by molar-refractivity contribution is 5.20. The lowest BCUT2D eigenvalue weighted by Gasteiger charge is -1.96. The van der Waals surface area contributed by atoms with Crippen molar-refractivity contribution in [2.75, 3.05) is 6.61 Å². The van der Waals surface area contributed by atoms with E-state index < -0.39 is 0 Å². The molecule has 4 nitrogen and oxygen atoms in total. The number of hydrogen-bond acceptors (Lipinski definition) is 4. The molecule has 0 atom stereocenters. The Morgan fingerprint density at radius 1 is 1.55 bits per heavy atom. The third-order valence-corrected chi connectivity index (χ3v) is 1.65. The van der Waals surface area contributed by atoms with Gasteiger partial charge in [0, 0.05) is 12.0 Å². The smallest absolute Gasteiger partial charge is 0.137 e. The van der Waals surface area contributed by atoms with Crippen molar-refractivity contribution in [1.82, 2.24) is 5.16 Å². The summed E-state index contributed by atoms with van der Waals surface area (Å²) in [6.45, 7) is 4.29. The second-order valence-electron chi connectivity index (χ2n) is 2.42. The van der Waals surface area contributed by atoms with Crippen LogP contribution in [0.2, 0.25) is 0 Å². The molecule has 0 unspecified atom stereocenters. The molecule has 0 spiro atoms. The van der Waals surface area contributed by atoms with E-state index in [1.54, 1.807) is 0 Å². The van der Waals surface area contributed by atoms with E-state index in [2.05, 4.69) is 9.99 Å². The molecule has 0 fully saturated rings. The van der Waals surface area contributed by atoms with E-state index >= 15 is 0 Å². The number of rotatable bonds is 3. The third kappa shape index (κ3) is 1.78. The fraction of sp³-hybridized carbons (Fsp3) is 0.571. The highest BCUT2D eigenvalue weighted by Crippen LogP contribution is 2.12. The molecule has 0 saturated carbocycles. The van der Waals surface area contributed by atoms with Crippen molar-refractivity contribution in [2.45, 2.75) is 20.3 Å². The minimum atomic E-state index is 0.503. The van der Waals surface area contributed by atoms with Crippen LogP contribution in [0, 0.1) is 13.8 Å². The van der Waals surface area contributed by atoms with Crippen LogP contribution in [0.1, 0.15) is 17.0 Å². The Kier molecular flexibility index (Phi) is 2.62. The summed E-state index contributed by atoms with van der Waals surface area (Å²) >= 11 is 0. The summed E-state index contributed by atoms with van der Waals surface area (Å²) in [5.74, 6) is 5.74. The Morgan fingerprint density at radius 3 is 2.73 bits per heavy atom. The summed E-state index contributed by atoms with van der Waals surface area (Å²) in [5.41, 5.74) is 2.01. The topological polar surface area (TPSA) is 61.3 Å². The van der Waals surface area contributed by atoms with Gasteiger partial charge in [0.15, 0.2) is 0 Å². The van der Waals surface area contributed by atoms with E-state index in [1.807, 2.05) is 13.8 Å². The van der Waals surface area contributed by atoms with Gasteiger partial charge in [-0.05, 0) is 13.8 Å². The van der Waals surface area contributed by atoms with E-state index in [0.29, 0.717) is 6.61 Å². The molecule has 0 saturated heterocycles. The molecule has 1 aromatic rings. The zero-order valence-electron chi connectivity index (χ0n) is 6.76. The molecule has 4 heteroatoms. The predicted molar refractivity (Wildman–Crippen MR) is 39.8 cm³/mol. The summed E-state index contributed by atoms with van der Waals surface area (Å²) < 4.78 is 4.95. The second-order valence-corrected chi connectivity index (χ2v) is 2.42. The first-order valence-electron chi connectivity index (χ1n) is 3.49. The normalized spacial score (nSPS) is 10.5. The lowest BCUT2D eigenvalue weighted by Crippen LogP contribution is -2.04. The molecular weight excluding hydrogens is 144 g/mol. The summed E-state index contributed by atoms with van der Waals surface area (Å²) in [4.78, 5) is 4.46. The summed E-state index contributed by atoms with van der Waals surface area (Å²) in [5, 5.41) is 3.80. The van der Waals surface area contributed by atoms with Crippen LogP contribution < -0.4 is 5.90 Å². The number of hydrogen-bond donors (Lipinski definition) is 1. The van der Waals surface area contributed by atoms with Crippen molar-refractivity contribution in [3.8, 4) is 0 Å². The van der Waals surface area contributed by atoms with E-state index in [-0.39, 0.29) is 0 Å². The van der Waals surface area contributed by atoms with Gasteiger partial charge in [0.25, 0.3) is 0 Å². The zero-order chi connectivity index (χ0) is 8.27. The largest absolute Gasteiger partial charge is 0.361 e. The maximum absolute atomic E-state index is 4.95. The Hall–Kier alpha value is -0.870. The number of aryl methyl sites for hydroxylation is 2. The molecule has 0 radical (unpaired) electrons. The number of nitrogens with zero attached hydrogens (tertiary/aromatic N) is 1.